The van der Waals surface area contributed by atoms with E-state index in [0.29, 0.717) is 29.3 Å². The summed E-state index contributed by atoms with van der Waals surface area (Å²) < 4.78 is 5.37. The predicted octanol–water partition coefficient (Wildman–Crippen LogP) is 3.08. The molecule has 2 N–H and O–H groups in total. The quantitative estimate of drug-likeness (QED) is 0.891. The Morgan fingerprint density at radius 2 is 2.15 bits per heavy atom. The Kier molecular flexibility index (Phi) is 3.76. The number of carboxylic acid groups (broad SMARTS) is 1. The minimum absolute atomic E-state index is 0.159. The second-order valence-electron chi connectivity index (χ2n) is 4.50. The summed E-state index contributed by atoms with van der Waals surface area (Å²) in [7, 11) is 0. The molecular weight excluding hydrogens is 256 g/mol. The van der Waals surface area contributed by atoms with Gasteiger partial charge in [-0.05, 0) is 37.6 Å². The molecule has 0 amide bonds. The first kappa shape index (κ1) is 13.7. The average molecular weight is 270 g/mol. The van der Waals surface area contributed by atoms with Gasteiger partial charge in [-0.2, -0.15) is 5.26 Å². The predicted molar refractivity (Wildman–Crippen MR) is 73.6 cm³/mol. The van der Waals surface area contributed by atoms with Crippen LogP contribution < -0.4 is 5.32 Å². The molecule has 1 aromatic carbocycles. The van der Waals surface area contributed by atoms with Gasteiger partial charge in [0.2, 0.25) is 0 Å². The van der Waals surface area contributed by atoms with Crippen LogP contribution in [0.5, 0.6) is 0 Å². The van der Waals surface area contributed by atoms with Gasteiger partial charge in [0, 0.05) is 0 Å². The third-order valence-electron chi connectivity index (χ3n) is 2.95. The van der Waals surface area contributed by atoms with Gasteiger partial charge in [-0.25, -0.2) is 4.79 Å². The van der Waals surface area contributed by atoms with E-state index in [1.165, 1.54) is 6.07 Å². The van der Waals surface area contributed by atoms with Crippen LogP contribution >= 0.6 is 0 Å². The lowest BCUT2D eigenvalue weighted by Crippen LogP contribution is -2.00. The molecule has 0 radical (unpaired) electrons. The highest BCUT2D eigenvalue weighted by molar-refractivity contribution is 5.88. The van der Waals surface area contributed by atoms with Gasteiger partial charge in [0.25, 0.3) is 0 Å². The summed E-state index contributed by atoms with van der Waals surface area (Å²) in [4.78, 5) is 10.9. The van der Waals surface area contributed by atoms with E-state index in [0.717, 1.165) is 5.56 Å². The fourth-order valence-corrected chi connectivity index (χ4v) is 1.93. The van der Waals surface area contributed by atoms with E-state index in [4.69, 9.17) is 14.8 Å². The van der Waals surface area contributed by atoms with Crippen LogP contribution in [-0.2, 0) is 6.54 Å². The Labute approximate surface area is 116 Å². The van der Waals surface area contributed by atoms with E-state index in [1.807, 2.05) is 19.1 Å². The number of nitrogens with zero attached hydrogens (tertiary/aromatic N) is 1. The molecule has 1 heterocycles. The van der Waals surface area contributed by atoms with Crippen LogP contribution in [0, 0.1) is 25.2 Å². The van der Waals surface area contributed by atoms with Crippen molar-refractivity contribution in [2.45, 2.75) is 20.4 Å². The Morgan fingerprint density at radius 3 is 2.75 bits per heavy atom. The summed E-state index contributed by atoms with van der Waals surface area (Å²) in [6, 6.07) is 9.12. The first-order valence-corrected chi connectivity index (χ1v) is 6.08. The molecule has 102 valence electrons. The van der Waals surface area contributed by atoms with Crippen molar-refractivity contribution in [1.82, 2.24) is 0 Å². The first-order valence-electron chi connectivity index (χ1n) is 6.08. The number of benzene rings is 1. The van der Waals surface area contributed by atoms with E-state index in [1.54, 1.807) is 13.0 Å². The normalized spacial score (nSPS) is 10.1. The van der Waals surface area contributed by atoms with Gasteiger partial charge >= 0.3 is 5.97 Å². The maximum atomic E-state index is 10.9. The Hall–Kier alpha value is -2.74. The number of aromatic carboxylic acids is 1. The summed E-state index contributed by atoms with van der Waals surface area (Å²) in [5.74, 6) is -0.117. The second-order valence-corrected chi connectivity index (χ2v) is 4.50. The van der Waals surface area contributed by atoms with Gasteiger partial charge < -0.3 is 14.8 Å². The van der Waals surface area contributed by atoms with Gasteiger partial charge in [0.05, 0.1) is 17.8 Å². The van der Waals surface area contributed by atoms with E-state index in [2.05, 4.69) is 11.4 Å². The number of aryl methyl sites for hydroxylation is 2. The summed E-state index contributed by atoms with van der Waals surface area (Å²) in [6.45, 7) is 3.85. The Balaban J connectivity index is 2.15. The van der Waals surface area contributed by atoms with Crippen molar-refractivity contribution in [1.29, 1.82) is 5.26 Å². The maximum absolute atomic E-state index is 10.9. The molecule has 0 saturated carbocycles. The summed E-state index contributed by atoms with van der Waals surface area (Å²) in [6.07, 6.45) is 0. The molecule has 0 aliphatic rings. The number of nitriles is 1. The SMILES string of the molecule is Cc1ccc(NCc2cc(C(=O)O)c(C)o2)c(C#N)c1. The highest BCUT2D eigenvalue weighted by Crippen LogP contribution is 2.19. The zero-order valence-corrected chi connectivity index (χ0v) is 11.2. The molecule has 0 saturated heterocycles. The van der Waals surface area contributed by atoms with E-state index in [9.17, 15) is 4.79 Å². The lowest BCUT2D eigenvalue weighted by Gasteiger charge is -2.07. The minimum atomic E-state index is -1.01. The average Bonchev–Trinajstić information content (AvgIpc) is 2.78. The van der Waals surface area contributed by atoms with Crippen LogP contribution in [0.3, 0.4) is 0 Å². The van der Waals surface area contributed by atoms with E-state index >= 15 is 0 Å². The number of hydrogen-bond acceptors (Lipinski definition) is 4. The van der Waals surface area contributed by atoms with Gasteiger partial charge in [-0.15, -0.1) is 0 Å². The van der Waals surface area contributed by atoms with Crippen molar-refractivity contribution in [2.75, 3.05) is 5.32 Å². The van der Waals surface area contributed by atoms with Crippen molar-refractivity contribution in [2.24, 2.45) is 0 Å². The van der Waals surface area contributed by atoms with Crippen LogP contribution in [0.15, 0.2) is 28.7 Å². The third kappa shape index (κ3) is 2.81. The van der Waals surface area contributed by atoms with Crippen LogP contribution in [0.2, 0.25) is 0 Å². The number of furan rings is 1. The summed E-state index contributed by atoms with van der Waals surface area (Å²) in [5, 5.41) is 21.1. The highest BCUT2D eigenvalue weighted by atomic mass is 16.4. The fourth-order valence-electron chi connectivity index (χ4n) is 1.93. The zero-order chi connectivity index (χ0) is 14.7. The molecule has 5 nitrogen and oxygen atoms in total. The van der Waals surface area contributed by atoms with Crippen LogP contribution in [0.1, 0.15) is 33.0 Å². The standard InChI is InChI=1S/C15H14N2O3/c1-9-3-4-14(11(5-9)7-16)17-8-12-6-13(15(18)19)10(2)20-12/h3-6,17H,8H2,1-2H3,(H,18,19). The van der Waals surface area contributed by atoms with Crippen LogP contribution in [0.25, 0.3) is 0 Å². The topological polar surface area (TPSA) is 86.3 Å². The molecule has 0 bridgehead atoms. The molecule has 2 rings (SSSR count). The van der Waals surface area contributed by atoms with Crippen molar-refractivity contribution in [3.63, 3.8) is 0 Å². The molecular formula is C15H14N2O3. The lowest BCUT2D eigenvalue weighted by molar-refractivity contribution is 0.0695. The van der Waals surface area contributed by atoms with Gasteiger partial charge in [0.15, 0.2) is 0 Å². The third-order valence-corrected chi connectivity index (χ3v) is 2.95. The smallest absolute Gasteiger partial charge is 0.339 e. The molecule has 5 heteroatoms. The van der Waals surface area contributed by atoms with Gasteiger partial charge in [0.1, 0.15) is 23.2 Å². The van der Waals surface area contributed by atoms with Crippen LogP contribution in [0.4, 0.5) is 5.69 Å². The Bertz CT molecular complexity index is 696. The van der Waals surface area contributed by atoms with Crippen molar-refractivity contribution >= 4 is 11.7 Å². The molecule has 0 atom stereocenters. The van der Waals surface area contributed by atoms with Gasteiger partial charge in [-0.3, -0.25) is 0 Å². The van der Waals surface area contributed by atoms with Crippen molar-refractivity contribution in [3.05, 3.63) is 52.5 Å². The molecule has 2 aromatic rings. The molecule has 0 aliphatic heterocycles. The second kappa shape index (κ2) is 5.49. The molecule has 0 fully saturated rings. The number of hydrogen-bond donors (Lipinski definition) is 2. The molecule has 1 aromatic heterocycles. The fraction of sp³-hybridized carbons (Fsp3) is 0.200. The molecule has 0 unspecified atom stereocenters. The highest BCUT2D eigenvalue weighted by Gasteiger charge is 2.13. The first-order chi connectivity index (χ1) is 9.51. The number of carbonyl (C=O) groups is 1. The summed E-state index contributed by atoms with van der Waals surface area (Å²) in [5.41, 5.74) is 2.41. The number of carboxylic acids is 1. The van der Waals surface area contributed by atoms with E-state index in [-0.39, 0.29) is 5.56 Å². The minimum Gasteiger partial charge on any atom is -0.478 e. The lowest BCUT2D eigenvalue weighted by atomic mass is 10.1. The largest absolute Gasteiger partial charge is 0.478 e. The van der Waals surface area contributed by atoms with Crippen LogP contribution in [-0.4, -0.2) is 11.1 Å². The van der Waals surface area contributed by atoms with Crippen molar-refractivity contribution < 1.29 is 14.3 Å². The number of rotatable bonds is 4. The zero-order valence-electron chi connectivity index (χ0n) is 11.2. The van der Waals surface area contributed by atoms with Crippen molar-refractivity contribution in [3.8, 4) is 6.07 Å². The Morgan fingerprint density at radius 1 is 1.40 bits per heavy atom. The molecule has 0 aliphatic carbocycles. The molecule has 20 heavy (non-hydrogen) atoms. The van der Waals surface area contributed by atoms with Gasteiger partial charge in [-0.1, -0.05) is 6.07 Å². The summed E-state index contributed by atoms with van der Waals surface area (Å²) >= 11 is 0. The number of nitrogens with one attached hydrogen (secondary N) is 1. The maximum Gasteiger partial charge on any atom is 0.339 e. The monoisotopic (exact) mass is 270 g/mol. The number of anilines is 1. The van der Waals surface area contributed by atoms with E-state index < -0.39 is 5.97 Å². The molecule has 0 spiro atoms.